The first-order valence-corrected chi connectivity index (χ1v) is 16.4. The van der Waals surface area contributed by atoms with Crippen molar-refractivity contribution in [2.45, 2.75) is 70.3 Å². The molecule has 1 amide bonds. The van der Waals surface area contributed by atoms with Crippen molar-refractivity contribution in [1.29, 1.82) is 0 Å². The lowest BCUT2D eigenvalue weighted by atomic mass is 9.94. The fourth-order valence-electron chi connectivity index (χ4n) is 6.37. The van der Waals surface area contributed by atoms with Gasteiger partial charge in [0, 0.05) is 28.7 Å². The number of nitrogens with one attached hydrogen (secondary N) is 1. The number of carbonyl (C=O) groups is 1. The number of anilines is 1. The summed E-state index contributed by atoms with van der Waals surface area (Å²) in [5, 5.41) is 24.4. The number of hydrogen-bond donors (Lipinski definition) is 3. The van der Waals surface area contributed by atoms with E-state index in [-0.39, 0.29) is 45.7 Å². The normalized spacial score (nSPS) is 17.4. The molecule has 278 valence electrons. The lowest BCUT2D eigenvalue weighted by molar-refractivity contribution is -0.143. The molecule has 4 heterocycles. The van der Waals surface area contributed by atoms with Gasteiger partial charge in [-0.3, -0.25) is 13.9 Å². The van der Waals surface area contributed by atoms with Crippen LogP contribution in [-0.2, 0) is 29.9 Å². The van der Waals surface area contributed by atoms with Gasteiger partial charge in [-0.1, -0.05) is 31.4 Å². The lowest BCUT2D eigenvalue weighted by Gasteiger charge is -2.23. The van der Waals surface area contributed by atoms with Crippen LogP contribution in [0.3, 0.4) is 0 Å². The average molecular weight is 763 g/mol. The molecule has 0 radical (unpaired) electrons. The molecule has 5 aromatic rings. The molecular weight excluding hydrogens is 733 g/mol. The zero-order valence-corrected chi connectivity index (χ0v) is 29.1. The van der Waals surface area contributed by atoms with E-state index in [1.807, 2.05) is 0 Å². The van der Waals surface area contributed by atoms with E-state index in [1.165, 1.54) is 43.4 Å². The molecule has 0 saturated carbocycles. The average Bonchev–Trinajstić information content (AvgIpc) is 3.68. The molecule has 0 unspecified atom stereocenters. The Labute approximate surface area is 302 Å². The minimum Gasteiger partial charge on any atom is -0.378 e. The second-order valence-electron chi connectivity index (χ2n) is 13.3. The summed E-state index contributed by atoms with van der Waals surface area (Å²) in [7, 11) is 0. The van der Waals surface area contributed by atoms with E-state index >= 15 is 8.78 Å². The highest BCUT2D eigenvalue weighted by Gasteiger charge is 2.57. The van der Waals surface area contributed by atoms with Gasteiger partial charge in [-0.2, -0.15) is 27.1 Å². The Balaban J connectivity index is 1.51. The Bertz CT molecular complexity index is 2300. The Morgan fingerprint density at radius 3 is 2.38 bits per heavy atom. The smallest absolute Gasteiger partial charge is 0.378 e. The van der Waals surface area contributed by atoms with Crippen LogP contribution in [0.25, 0.3) is 16.8 Å². The van der Waals surface area contributed by atoms with Gasteiger partial charge in [0.2, 0.25) is 11.9 Å². The monoisotopic (exact) mass is 762 g/mol. The molecule has 0 bridgehead atoms. The van der Waals surface area contributed by atoms with Crippen LogP contribution in [-0.4, -0.2) is 46.0 Å². The molecule has 1 aliphatic carbocycles. The second-order valence-corrected chi connectivity index (χ2v) is 13.7. The SMILES string of the molecule is C[C@@H]1c2c(C(F)(F)F)nn(CC(=O)N[C@@H](Cc3cc(F)cc(F)c3)c3nc(C#CC(C)(C)O)ccc3-c3ccc(Cl)n4c(N)nnc34)c2C(F)(F)[C@@H]1C. The standard InChI is InChI=1S/C35H30ClF7N8O2/c1-16-17(2)34(39,40)30-27(16)29(35(41,42)43)49-50(30)15-26(52)46-24(13-18-11-19(37)14-20(38)12-18)28-22(6-5-21(45-28)9-10-33(3,4)53)23-7-8-25(36)51-31(23)47-48-32(51)44/h5-8,11-12,14,16-17,24,53H,13,15H2,1-4H3,(H2,44,48)(H,46,52)/t16-,17+,24-/m0/s1. The van der Waals surface area contributed by atoms with Crippen molar-refractivity contribution in [2.24, 2.45) is 5.92 Å². The van der Waals surface area contributed by atoms with Gasteiger partial charge in [-0.05, 0) is 74.1 Å². The number of halogens is 8. The molecule has 1 aromatic carbocycles. The van der Waals surface area contributed by atoms with Gasteiger partial charge < -0.3 is 16.2 Å². The number of hydrogen-bond acceptors (Lipinski definition) is 7. The minimum absolute atomic E-state index is 0.00519. The van der Waals surface area contributed by atoms with E-state index in [2.05, 4.69) is 37.4 Å². The number of benzene rings is 1. The molecule has 4 N–H and O–H groups in total. The first kappa shape index (κ1) is 37.5. The Morgan fingerprint density at radius 2 is 1.74 bits per heavy atom. The quantitative estimate of drug-likeness (QED) is 0.0968. The Morgan fingerprint density at radius 1 is 1.08 bits per heavy atom. The first-order chi connectivity index (χ1) is 24.7. The van der Waals surface area contributed by atoms with Crippen molar-refractivity contribution in [1.82, 2.24) is 34.7 Å². The maximum absolute atomic E-state index is 15.5. The van der Waals surface area contributed by atoms with Crippen LogP contribution < -0.4 is 11.1 Å². The zero-order chi connectivity index (χ0) is 38.8. The molecule has 6 rings (SSSR count). The van der Waals surface area contributed by atoms with Crippen molar-refractivity contribution in [2.75, 3.05) is 5.73 Å². The molecule has 0 fully saturated rings. The summed E-state index contributed by atoms with van der Waals surface area (Å²) in [6, 6.07) is 7.33. The number of fused-ring (bicyclic) bond motifs is 2. The highest BCUT2D eigenvalue weighted by molar-refractivity contribution is 6.30. The van der Waals surface area contributed by atoms with Crippen LogP contribution in [0.1, 0.15) is 73.6 Å². The summed E-state index contributed by atoms with van der Waals surface area (Å²) in [4.78, 5) is 18.4. The minimum atomic E-state index is -5.09. The number of aromatic nitrogens is 6. The molecule has 18 heteroatoms. The Hall–Kier alpha value is -5.21. The number of nitrogen functional groups attached to an aromatic ring is 1. The van der Waals surface area contributed by atoms with Crippen LogP contribution in [0, 0.1) is 29.4 Å². The molecule has 10 nitrogen and oxygen atoms in total. The number of aliphatic hydroxyl groups is 1. The van der Waals surface area contributed by atoms with Crippen molar-refractivity contribution in [3.8, 4) is 23.0 Å². The number of pyridine rings is 2. The zero-order valence-electron chi connectivity index (χ0n) is 28.3. The molecule has 1 aliphatic rings. The highest BCUT2D eigenvalue weighted by Crippen LogP contribution is 2.55. The maximum atomic E-state index is 15.5. The van der Waals surface area contributed by atoms with Crippen LogP contribution in [0.2, 0.25) is 5.15 Å². The summed E-state index contributed by atoms with van der Waals surface area (Å²) in [5.41, 5.74) is 2.10. The number of nitrogens with two attached hydrogens (primary N) is 1. The van der Waals surface area contributed by atoms with Gasteiger partial charge in [0.1, 0.15) is 40.3 Å². The number of nitrogens with zero attached hydrogens (tertiary/aromatic N) is 6. The summed E-state index contributed by atoms with van der Waals surface area (Å²) < 4.78 is 104. The molecule has 0 spiro atoms. The molecule has 4 aromatic heterocycles. The largest absolute Gasteiger partial charge is 0.435 e. The number of carbonyl (C=O) groups excluding carboxylic acids is 1. The summed E-state index contributed by atoms with van der Waals surface area (Å²) in [5.74, 6) is -4.21. The molecule has 3 atom stereocenters. The van der Waals surface area contributed by atoms with Gasteiger partial charge >= 0.3 is 6.18 Å². The summed E-state index contributed by atoms with van der Waals surface area (Å²) >= 11 is 6.35. The van der Waals surface area contributed by atoms with E-state index in [9.17, 15) is 31.9 Å². The van der Waals surface area contributed by atoms with Crippen LogP contribution in [0.15, 0.2) is 42.5 Å². The highest BCUT2D eigenvalue weighted by atomic mass is 35.5. The third kappa shape index (κ3) is 7.25. The summed E-state index contributed by atoms with van der Waals surface area (Å²) in [6.45, 7) is 4.12. The van der Waals surface area contributed by atoms with E-state index in [0.717, 1.165) is 19.1 Å². The fourth-order valence-corrected chi connectivity index (χ4v) is 6.60. The fraction of sp³-hybridized carbons (Fsp3) is 0.343. The number of rotatable bonds is 7. The third-order valence-electron chi connectivity index (χ3n) is 8.91. The van der Waals surface area contributed by atoms with Crippen molar-refractivity contribution >= 4 is 29.1 Å². The van der Waals surface area contributed by atoms with Crippen molar-refractivity contribution in [3.63, 3.8) is 0 Å². The van der Waals surface area contributed by atoms with Gasteiger partial charge in [-0.25, -0.2) is 13.8 Å². The third-order valence-corrected chi connectivity index (χ3v) is 9.21. The first-order valence-electron chi connectivity index (χ1n) is 16.0. The van der Waals surface area contributed by atoms with Gasteiger partial charge in [0.15, 0.2) is 11.3 Å². The predicted octanol–water partition coefficient (Wildman–Crippen LogP) is 6.59. The van der Waals surface area contributed by atoms with Gasteiger partial charge in [-0.15, -0.1) is 10.2 Å². The van der Waals surface area contributed by atoms with Crippen molar-refractivity contribution < 1.29 is 40.6 Å². The Kier molecular flexibility index (Phi) is 9.44. The van der Waals surface area contributed by atoms with E-state index < -0.39 is 76.6 Å². The van der Waals surface area contributed by atoms with Gasteiger partial charge in [0.05, 0.1) is 11.7 Å². The van der Waals surface area contributed by atoms with Crippen molar-refractivity contribution in [3.05, 3.63) is 93.2 Å². The molecule has 53 heavy (non-hydrogen) atoms. The maximum Gasteiger partial charge on any atom is 0.435 e. The van der Waals surface area contributed by atoms with E-state index in [1.54, 1.807) is 6.07 Å². The predicted molar refractivity (Wildman–Crippen MR) is 178 cm³/mol. The molecular formula is C35H30ClF7N8O2. The molecule has 0 saturated heterocycles. The number of amides is 1. The lowest BCUT2D eigenvalue weighted by Crippen LogP contribution is -2.35. The van der Waals surface area contributed by atoms with E-state index in [0.29, 0.717) is 16.3 Å². The second kappa shape index (κ2) is 13.3. The summed E-state index contributed by atoms with van der Waals surface area (Å²) in [6.07, 6.45) is -5.46. The molecule has 0 aliphatic heterocycles. The topological polar surface area (TPSA) is 136 Å². The van der Waals surface area contributed by atoms with Crippen LogP contribution in [0.5, 0.6) is 0 Å². The van der Waals surface area contributed by atoms with Crippen LogP contribution in [0.4, 0.5) is 36.7 Å². The van der Waals surface area contributed by atoms with Gasteiger partial charge in [0.25, 0.3) is 5.92 Å². The van der Waals surface area contributed by atoms with Crippen LogP contribution >= 0.6 is 11.6 Å². The van der Waals surface area contributed by atoms with E-state index in [4.69, 9.17) is 17.3 Å². The number of alkyl halides is 5.